The Balaban J connectivity index is 2.65. The van der Waals surface area contributed by atoms with Crippen molar-refractivity contribution in [1.82, 2.24) is 16.0 Å². The number of halogens is 1. The maximum absolute atomic E-state index is 12.7. The first kappa shape index (κ1) is 36.5. The number of amides is 1. The average Bonchev–Trinajstić information content (AvgIpc) is 3.23. The number of hydrogen-bond donors (Lipinski definition) is 7. The molecule has 0 aromatic carbocycles. The molecule has 0 aromatic rings. The molecule has 1 fully saturated rings. The van der Waals surface area contributed by atoms with Crippen molar-refractivity contribution in [3.8, 4) is 0 Å². The second-order valence-corrected chi connectivity index (χ2v) is 10.1. The number of aliphatic hydroxyl groups excluding tert-OH is 1. The van der Waals surface area contributed by atoms with Gasteiger partial charge in [0.15, 0.2) is 5.96 Å². The summed E-state index contributed by atoms with van der Waals surface area (Å²) in [4.78, 5) is 24.9. The molecule has 0 heterocycles. The summed E-state index contributed by atoms with van der Waals surface area (Å²) in [6.07, 6.45) is -1.05. The third-order valence-electron chi connectivity index (χ3n) is 6.76. The average molecular weight is 690 g/mol. The number of carboxylic acid groups (broad SMARTS) is 1. The van der Waals surface area contributed by atoms with Crippen LogP contribution in [0.15, 0.2) is 0 Å². The van der Waals surface area contributed by atoms with Crippen LogP contribution in [0.1, 0.15) is 40.0 Å². The lowest BCUT2D eigenvalue weighted by Crippen LogP contribution is -2.56. The van der Waals surface area contributed by atoms with E-state index in [0.29, 0.717) is 44.3 Å². The Labute approximate surface area is 250 Å². The van der Waals surface area contributed by atoms with Crippen molar-refractivity contribution in [3.63, 3.8) is 0 Å². The molecule has 15 heteroatoms. The van der Waals surface area contributed by atoms with Gasteiger partial charge in [0.1, 0.15) is 12.3 Å². The second kappa shape index (κ2) is 21.2. The van der Waals surface area contributed by atoms with E-state index in [1.54, 1.807) is 6.92 Å². The topological polar surface area (TPSA) is 207 Å². The summed E-state index contributed by atoms with van der Waals surface area (Å²) in [6, 6.07) is -0.946. The van der Waals surface area contributed by atoms with Gasteiger partial charge in [-0.3, -0.25) is 15.5 Å². The number of carbonyl (C=O) groups excluding carboxylic acids is 1. The number of alkyl carbamates (subject to hydrolysis) is 1. The Kier molecular flexibility index (Phi) is 19.4. The van der Waals surface area contributed by atoms with Crippen molar-refractivity contribution in [1.29, 1.82) is 5.41 Å². The minimum Gasteiger partial charge on any atom is -0.481 e. The van der Waals surface area contributed by atoms with Crippen LogP contribution in [0, 0.1) is 23.2 Å². The summed E-state index contributed by atoms with van der Waals surface area (Å²) in [6.45, 7) is 8.64. The Morgan fingerprint density at radius 2 is 1.57 bits per heavy atom. The van der Waals surface area contributed by atoms with Crippen LogP contribution in [-0.2, 0) is 28.5 Å². The number of aliphatic hydroxyl groups is 1. The Morgan fingerprint density at radius 3 is 2.05 bits per heavy atom. The lowest BCUT2D eigenvalue weighted by Gasteiger charge is -2.38. The van der Waals surface area contributed by atoms with Crippen molar-refractivity contribution in [2.45, 2.75) is 64.4 Å². The molecular formula is C25H48IN5O9. The number of hydrogen-bond acceptors (Lipinski definition) is 10. The molecule has 0 bridgehead atoms. The third kappa shape index (κ3) is 13.9. The van der Waals surface area contributed by atoms with Gasteiger partial charge < -0.3 is 50.3 Å². The predicted molar refractivity (Wildman–Crippen MR) is 156 cm³/mol. The predicted octanol–water partition coefficient (Wildman–Crippen LogP) is 0.845. The largest absolute Gasteiger partial charge is 0.481 e. The van der Waals surface area contributed by atoms with E-state index in [4.69, 9.17) is 34.8 Å². The zero-order valence-corrected chi connectivity index (χ0v) is 25.9. The summed E-state index contributed by atoms with van der Waals surface area (Å²) in [5.41, 5.74) is 5.61. The molecule has 1 saturated carbocycles. The molecule has 8 N–H and O–H groups in total. The molecule has 1 amide bonds. The van der Waals surface area contributed by atoms with Gasteiger partial charge in [-0.05, 0) is 19.3 Å². The number of ether oxygens (including phenoxy) is 5. The first-order valence-corrected chi connectivity index (χ1v) is 15.3. The monoisotopic (exact) mass is 689 g/mol. The number of guanidine groups is 1. The Morgan fingerprint density at radius 1 is 1.02 bits per heavy atom. The SMILES string of the molecule is CCC(CC)[C@H](NC(C)O)[C@@H]1[C@H](OC(=O)NCCOCCOCCOCCOCI)[C@@H](C(=O)O)C[C@H]1NC(=N)N. The zero-order valence-electron chi connectivity index (χ0n) is 23.7. The highest BCUT2D eigenvalue weighted by molar-refractivity contribution is 14.1. The van der Waals surface area contributed by atoms with E-state index >= 15 is 0 Å². The van der Waals surface area contributed by atoms with Gasteiger partial charge in [0, 0.05) is 24.5 Å². The molecule has 1 aliphatic rings. The maximum Gasteiger partial charge on any atom is 0.407 e. The normalized spacial score (nSPS) is 22.1. The van der Waals surface area contributed by atoms with Crippen LogP contribution in [0.4, 0.5) is 4.79 Å². The fourth-order valence-corrected chi connectivity index (χ4v) is 5.33. The standard InChI is InChI=1S/C25H48IN5O9/c1-4-17(5-2)21(30-16(3)32)20-19(31-24(27)28)14-18(23(33)34)22(20)40-25(35)29-6-7-36-8-9-37-10-11-38-12-13-39-15-26/h16-22,30,32H,4-15H2,1-3H3,(H,29,35)(H,33,34)(H4,27,28,31)/t16?,18-,19+,20+,21-,22+/m0/s1. The summed E-state index contributed by atoms with van der Waals surface area (Å²) < 4.78 is 27.7. The Bertz CT molecular complexity index is 733. The summed E-state index contributed by atoms with van der Waals surface area (Å²) >= 11 is 2.12. The molecule has 0 aromatic heterocycles. The summed E-state index contributed by atoms with van der Waals surface area (Å²) in [5.74, 6) is -2.95. The molecule has 0 aliphatic heterocycles. The van der Waals surface area contributed by atoms with E-state index in [9.17, 15) is 19.8 Å². The van der Waals surface area contributed by atoms with E-state index in [-0.39, 0.29) is 31.4 Å². The van der Waals surface area contributed by atoms with Crippen LogP contribution < -0.4 is 21.7 Å². The number of rotatable bonds is 22. The van der Waals surface area contributed by atoms with Crippen molar-refractivity contribution in [2.24, 2.45) is 23.5 Å². The number of alkyl halides is 1. The highest BCUT2D eigenvalue weighted by Crippen LogP contribution is 2.40. The summed E-state index contributed by atoms with van der Waals surface area (Å²) in [7, 11) is 0. The zero-order chi connectivity index (χ0) is 29.9. The van der Waals surface area contributed by atoms with Gasteiger partial charge in [0.05, 0.1) is 56.8 Å². The fraction of sp³-hybridized carbons (Fsp3) is 0.880. The minimum atomic E-state index is -1.11. The lowest BCUT2D eigenvalue weighted by atomic mass is 9.80. The molecule has 1 rings (SSSR count). The molecule has 0 saturated heterocycles. The molecule has 6 atom stereocenters. The molecular weight excluding hydrogens is 641 g/mol. The second-order valence-electron chi connectivity index (χ2n) is 9.52. The van der Waals surface area contributed by atoms with Gasteiger partial charge in [0.25, 0.3) is 0 Å². The van der Waals surface area contributed by atoms with Crippen molar-refractivity contribution < 1.29 is 43.5 Å². The molecule has 0 radical (unpaired) electrons. The van der Waals surface area contributed by atoms with Crippen molar-refractivity contribution in [3.05, 3.63) is 0 Å². The van der Waals surface area contributed by atoms with E-state index in [1.807, 2.05) is 13.8 Å². The van der Waals surface area contributed by atoms with E-state index in [0.717, 1.165) is 12.8 Å². The molecule has 234 valence electrons. The van der Waals surface area contributed by atoms with Crippen molar-refractivity contribution >= 4 is 40.6 Å². The Hall–Kier alpha value is -1.50. The van der Waals surface area contributed by atoms with E-state index < -0.39 is 48.3 Å². The van der Waals surface area contributed by atoms with Crippen molar-refractivity contribution in [2.75, 3.05) is 57.4 Å². The van der Waals surface area contributed by atoms with Gasteiger partial charge in [-0.2, -0.15) is 0 Å². The van der Waals surface area contributed by atoms with Crippen LogP contribution in [0.3, 0.4) is 0 Å². The van der Waals surface area contributed by atoms with Crippen LogP contribution in [0.2, 0.25) is 0 Å². The number of aliphatic carboxylic acids is 1. The third-order valence-corrected chi connectivity index (χ3v) is 7.20. The van der Waals surface area contributed by atoms with Gasteiger partial charge >= 0.3 is 12.1 Å². The van der Waals surface area contributed by atoms with Crippen LogP contribution >= 0.6 is 22.6 Å². The number of carbonyl (C=O) groups is 2. The van der Waals surface area contributed by atoms with Crippen LogP contribution in [0.5, 0.6) is 0 Å². The molecule has 0 spiro atoms. The molecule has 14 nitrogen and oxygen atoms in total. The highest BCUT2D eigenvalue weighted by atomic mass is 127. The summed E-state index contributed by atoms with van der Waals surface area (Å²) in [5, 5.41) is 36.4. The van der Waals surface area contributed by atoms with Crippen LogP contribution in [-0.4, -0.2) is 110 Å². The van der Waals surface area contributed by atoms with Gasteiger partial charge in [-0.15, -0.1) is 0 Å². The highest BCUT2D eigenvalue weighted by Gasteiger charge is 2.53. The fourth-order valence-electron chi connectivity index (χ4n) is 5.01. The van der Waals surface area contributed by atoms with E-state index in [2.05, 4.69) is 38.5 Å². The molecule has 1 unspecified atom stereocenters. The molecule has 40 heavy (non-hydrogen) atoms. The van der Waals surface area contributed by atoms with Crippen LogP contribution in [0.25, 0.3) is 0 Å². The van der Waals surface area contributed by atoms with Gasteiger partial charge in [0.2, 0.25) is 0 Å². The molecule has 1 aliphatic carbocycles. The number of carboxylic acids is 1. The van der Waals surface area contributed by atoms with Gasteiger partial charge in [-0.1, -0.05) is 49.3 Å². The first-order chi connectivity index (χ1) is 19.2. The van der Waals surface area contributed by atoms with Gasteiger partial charge in [-0.25, -0.2) is 4.79 Å². The number of nitrogens with two attached hydrogens (primary N) is 1. The lowest BCUT2D eigenvalue weighted by molar-refractivity contribution is -0.145. The first-order valence-electron chi connectivity index (χ1n) is 13.7. The quantitative estimate of drug-likeness (QED) is 0.0211. The van der Waals surface area contributed by atoms with E-state index in [1.165, 1.54) is 0 Å². The maximum atomic E-state index is 12.7. The smallest absolute Gasteiger partial charge is 0.407 e. The minimum absolute atomic E-state index is 0.0505. The number of nitrogens with one attached hydrogen (secondary N) is 4.